The van der Waals surface area contributed by atoms with Gasteiger partial charge in [0.2, 0.25) is 17.7 Å². The first-order chi connectivity index (χ1) is 22.7. The molecule has 0 aliphatic heterocycles. The van der Waals surface area contributed by atoms with Crippen LogP contribution >= 0.6 is 0 Å². The van der Waals surface area contributed by atoms with Gasteiger partial charge in [-0.3, -0.25) is 24.0 Å². The van der Waals surface area contributed by atoms with Crippen LogP contribution < -0.4 is 16.0 Å². The largest absolute Gasteiger partial charge is 0.481 e. The molecule has 0 radical (unpaired) electrons. The number of aliphatic carboxylic acids is 1. The van der Waals surface area contributed by atoms with E-state index in [4.69, 9.17) is 19.5 Å². The predicted octanol–water partition coefficient (Wildman–Crippen LogP) is 3.12. The summed E-state index contributed by atoms with van der Waals surface area (Å²) in [7, 11) is 2.80. The van der Waals surface area contributed by atoms with Crippen molar-refractivity contribution in [2.45, 2.75) is 116 Å². The summed E-state index contributed by atoms with van der Waals surface area (Å²) < 4.78 is 10.3. The summed E-state index contributed by atoms with van der Waals surface area (Å²) in [6.07, 6.45) is 15.1. The second-order valence-corrected chi connectivity index (χ2v) is 11.5. The van der Waals surface area contributed by atoms with Gasteiger partial charge >= 0.3 is 5.97 Å². The third-order valence-corrected chi connectivity index (χ3v) is 7.46. The Morgan fingerprint density at radius 1 is 0.723 bits per heavy atom. The molecule has 0 aliphatic rings. The standard InChI is InChI=1S/C33H62N4O10/c1-4-5-6-7-8-9-10-11-12-13-14-18-29(38)34-20-16-15-17-28(33(43)35-21-19-32(41)42)36-30(39)26-37(31(40)27-47-45-3)22-23-46-25-24-44-2/h28H,4-27H2,1-3H3,(H,34,38)(H,35,43)(H,36,39)(H,41,42). The first-order valence-electron chi connectivity index (χ1n) is 17.3. The maximum Gasteiger partial charge on any atom is 0.305 e. The Kier molecular flexibility index (Phi) is 29.9. The summed E-state index contributed by atoms with van der Waals surface area (Å²) in [5.74, 6) is -2.67. The number of carbonyl (C=O) groups is 5. The van der Waals surface area contributed by atoms with E-state index < -0.39 is 36.3 Å². The smallest absolute Gasteiger partial charge is 0.305 e. The number of nitrogens with one attached hydrogen (secondary N) is 3. The Morgan fingerprint density at radius 2 is 1.38 bits per heavy atom. The number of hydrogen-bond donors (Lipinski definition) is 4. The van der Waals surface area contributed by atoms with E-state index >= 15 is 0 Å². The molecule has 14 nitrogen and oxygen atoms in total. The third kappa shape index (κ3) is 28.0. The lowest BCUT2D eigenvalue weighted by Gasteiger charge is -2.24. The summed E-state index contributed by atoms with van der Waals surface area (Å²) in [4.78, 5) is 71.8. The first kappa shape index (κ1) is 44.2. The maximum absolute atomic E-state index is 12.9. The van der Waals surface area contributed by atoms with Crippen LogP contribution in [0.3, 0.4) is 0 Å². The molecule has 0 saturated carbocycles. The first-order valence-corrected chi connectivity index (χ1v) is 17.3. The van der Waals surface area contributed by atoms with Crippen LogP contribution in [0.1, 0.15) is 110 Å². The Morgan fingerprint density at radius 3 is 2.00 bits per heavy atom. The van der Waals surface area contributed by atoms with E-state index in [1.54, 1.807) is 0 Å². The van der Waals surface area contributed by atoms with E-state index in [9.17, 15) is 24.0 Å². The SMILES string of the molecule is CCCCCCCCCCCCCC(=O)NCCCCC(NC(=O)CN(CCOCCOC)C(=O)COOC)C(=O)NCCC(=O)O. The molecule has 1 unspecified atom stereocenters. The number of carbonyl (C=O) groups excluding carboxylic acids is 4. The van der Waals surface area contributed by atoms with Crippen molar-refractivity contribution in [3.8, 4) is 0 Å². The lowest BCUT2D eigenvalue weighted by atomic mass is 10.1. The average molecular weight is 675 g/mol. The number of rotatable bonds is 33. The highest BCUT2D eigenvalue weighted by atomic mass is 17.2. The van der Waals surface area contributed by atoms with Crippen molar-refractivity contribution in [1.82, 2.24) is 20.9 Å². The molecule has 0 fully saturated rings. The summed E-state index contributed by atoms with van der Waals surface area (Å²) in [5.41, 5.74) is 0. The molecular weight excluding hydrogens is 612 g/mol. The van der Waals surface area contributed by atoms with Crippen molar-refractivity contribution in [1.29, 1.82) is 0 Å². The normalized spacial score (nSPS) is 11.6. The summed E-state index contributed by atoms with van der Waals surface area (Å²) in [6.45, 7) is 2.76. The minimum atomic E-state index is -1.06. The highest BCUT2D eigenvalue weighted by Gasteiger charge is 2.23. The highest BCUT2D eigenvalue weighted by Crippen LogP contribution is 2.12. The molecule has 0 rings (SSSR count). The summed E-state index contributed by atoms with van der Waals surface area (Å²) in [6, 6.07) is -0.950. The fourth-order valence-electron chi connectivity index (χ4n) is 4.75. The topological polar surface area (TPSA) is 182 Å². The molecule has 4 N–H and O–H groups in total. The number of carboxylic acids is 1. The van der Waals surface area contributed by atoms with E-state index in [1.165, 1.54) is 70.5 Å². The molecule has 0 aromatic heterocycles. The third-order valence-electron chi connectivity index (χ3n) is 7.46. The molecule has 0 aliphatic carbocycles. The van der Waals surface area contributed by atoms with Gasteiger partial charge in [-0.25, -0.2) is 9.78 Å². The number of hydrogen-bond acceptors (Lipinski definition) is 9. The van der Waals surface area contributed by atoms with Crippen molar-refractivity contribution in [3.63, 3.8) is 0 Å². The zero-order chi connectivity index (χ0) is 35.0. The van der Waals surface area contributed by atoms with Crippen molar-refractivity contribution in [2.75, 3.05) is 66.8 Å². The zero-order valence-corrected chi connectivity index (χ0v) is 29.1. The molecule has 4 amide bonds. The minimum absolute atomic E-state index is 0.00519. The summed E-state index contributed by atoms with van der Waals surface area (Å²) in [5, 5.41) is 17.0. The van der Waals surface area contributed by atoms with Crippen LogP contribution in [0, 0.1) is 0 Å². The van der Waals surface area contributed by atoms with E-state index in [-0.39, 0.29) is 45.0 Å². The van der Waals surface area contributed by atoms with Gasteiger partial charge in [0.05, 0.1) is 39.9 Å². The lowest BCUT2D eigenvalue weighted by Crippen LogP contribution is -2.51. The molecule has 0 spiro atoms. The van der Waals surface area contributed by atoms with Gasteiger partial charge in [0.15, 0.2) is 6.61 Å². The monoisotopic (exact) mass is 674 g/mol. The average Bonchev–Trinajstić information content (AvgIpc) is 3.04. The van der Waals surface area contributed by atoms with E-state index in [0.29, 0.717) is 39.0 Å². The fraction of sp³-hybridized carbons (Fsp3) is 0.848. The second-order valence-electron chi connectivity index (χ2n) is 11.5. The molecular formula is C33H62N4O10. The van der Waals surface area contributed by atoms with Gasteiger partial charge in [-0.05, 0) is 25.7 Å². The van der Waals surface area contributed by atoms with Crippen LogP contribution in [0.4, 0.5) is 0 Å². The number of nitrogens with zero attached hydrogens (tertiary/aromatic N) is 1. The van der Waals surface area contributed by atoms with Crippen molar-refractivity contribution >= 4 is 29.6 Å². The van der Waals surface area contributed by atoms with Crippen molar-refractivity contribution in [2.24, 2.45) is 0 Å². The van der Waals surface area contributed by atoms with Crippen LogP contribution in [0.15, 0.2) is 0 Å². The second kappa shape index (κ2) is 31.8. The van der Waals surface area contributed by atoms with Gasteiger partial charge < -0.3 is 35.4 Å². The van der Waals surface area contributed by atoms with Crippen LogP contribution in [0.5, 0.6) is 0 Å². The predicted molar refractivity (Wildman–Crippen MR) is 177 cm³/mol. The van der Waals surface area contributed by atoms with Crippen LogP contribution in [0.2, 0.25) is 0 Å². The van der Waals surface area contributed by atoms with Gasteiger partial charge in [0, 0.05) is 33.2 Å². The molecule has 274 valence electrons. The Hall–Kier alpha value is -2.81. The number of carboxylic acid groups (broad SMARTS) is 1. The maximum atomic E-state index is 12.9. The molecule has 0 saturated heterocycles. The van der Waals surface area contributed by atoms with Gasteiger partial charge in [0.25, 0.3) is 5.91 Å². The van der Waals surface area contributed by atoms with E-state index in [1.807, 2.05) is 0 Å². The van der Waals surface area contributed by atoms with Gasteiger partial charge in [-0.15, -0.1) is 0 Å². The summed E-state index contributed by atoms with van der Waals surface area (Å²) >= 11 is 0. The Balaban J connectivity index is 4.63. The van der Waals surface area contributed by atoms with Crippen molar-refractivity contribution in [3.05, 3.63) is 0 Å². The quantitative estimate of drug-likeness (QED) is 0.0459. The van der Waals surface area contributed by atoms with Crippen LogP contribution in [-0.2, 0) is 43.2 Å². The van der Waals surface area contributed by atoms with Crippen LogP contribution in [-0.4, -0.2) is 112 Å². The highest BCUT2D eigenvalue weighted by molar-refractivity contribution is 5.90. The molecule has 0 heterocycles. The Labute approximate surface area is 281 Å². The molecule has 47 heavy (non-hydrogen) atoms. The molecule has 0 aromatic carbocycles. The van der Waals surface area contributed by atoms with Crippen LogP contribution in [0.25, 0.3) is 0 Å². The molecule has 14 heteroatoms. The van der Waals surface area contributed by atoms with Crippen molar-refractivity contribution < 1.29 is 48.3 Å². The lowest BCUT2D eigenvalue weighted by molar-refractivity contribution is -0.269. The molecule has 0 aromatic rings. The van der Waals surface area contributed by atoms with Gasteiger partial charge in [0.1, 0.15) is 6.04 Å². The van der Waals surface area contributed by atoms with Gasteiger partial charge in [-0.1, -0.05) is 71.1 Å². The number of ether oxygens (including phenoxy) is 2. The number of unbranched alkanes of at least 4 members (excludes halogenated alkanes) is 11. The van der Waals surface area contributed by atoms with Gasteiger partial charge in [-0.2, -0.15) is 0 Å². The Bertz CT molecular complexity index is 846. The fourth-order valence-corrected chi connectivity index (χ4v) is 4.75. The zero-order valence-electron chi connectivity index (χ0n) is 29.1. The number of amides is 4. The molecule has 0 bridgehead atoms. The molecule has 1 atom stereocenters. The van der Waals surface area contributed by atoms with E-state index in [0.717, 1.165) is 19.3 Å². The number of methoxy groups -OCH3 is 1. The van der Waals surface area contributed by atoms with E-state index in [2.05, 4.69) is 27.8 Å². The minimum Gasteiger partial charge on any atom is -0.481 e.